The second-order valence-corrected chi connectivity index (χ2v) is 6.01. The van der Waals surface area contributed by atoms with E-state index >= 15 is 0 Å². The van der Waals surface area contributed by atoms with Gasteiger partial charge in [0.1, 0.15) is 0 Å². The van der Waals surface area contributed by atoms with E-state index in [9.17, 15) is 0 Å². The highest BCUT2D eigenvalue weighted by Gasteiger charge is 2.37. The summed E-state index contributed by atoms with van der Waals surface area (Å²) in [6, 6.07) is 6.19. The van der Waals surface area contributed by atoms with Crippen LogP contribution in [-0.4, -0.2) is 7.05 Å². The molecule has 1 fully saturated rings. The zero-order valence-corrected chi connectivity index (χ0v) is 11.9. The van der Waals surface area contributed by atoms with E-state index in [4.69, 9.17) is 23.2 Å². The van der Waals surface area contributed by atoms with Gasteiger partial charge in [-0.3, -0.25) is 0 Å². The third-order valence-electron chi connectivity index (χ3n) is 4.02. The Balaban J connectivity index is 2.38. The Kier molecular flexibility index (Phi) is 4.02. The molecule has 0 aliphatic heterocycles. The number of rotatable bonds is 3. The molecular formula is C14H19Cl2N. The number of hydrogen-bond acceptors (Lipinski definition) is 1. The van der Waals surface area contributed by atoms with Crippen LogP contribution in [0.5, 0.6) is 0 Å². The van der Waals surface area contributed by atoms with Gasteiger partial charge < -0.3 is 5.32 Å². The van der Waals surface area contributed by atoms with Gasteiger partial charge in [0.25, 0.3) is 0 Å². The first-order chi connectivity index (χ1) is 8.08. The van der Waals surface area contributed by atoms with E-state index in [1.807, 2.05) is 19.2 Å². The lowest BCUT2D eigenvalue weighted by molar-refractivity contribution is 0.234. The van der Waals surface area contributed by atoms with Crippen molar-refractivity contribution in [3.05, 3.63) is 33.8 Å². The van der Waals surface area contributed by atoms with Crippen LogP contribution in [0.2, 0.25) is 10.0 Å². The maximum Gasteiger partial charge on any atom is 0.0640 e. The lowest BCUT2D eigenvalue weighted by Crippen LogP contribution is -2.32. The highest BCUT2D eigenvalue weighted by molar-refractivity contribution is 6.42. The number of halogens is 2. The highest BCUT2D eigenvalue weighted by atomic mass is 35.5. The molecule has 1 N–H and O–H groups in total. The van der Waals surface area contributed by atoms with E-state index in [0.29, 0.717) is 15.5 Å². The van der Waals surface area contributed by atoms with Crippen molar-refractivity contribution >= 4 is 23.2 Å². The van der Waals surface area contributed by atoms with Crippen molar-refractivity contribution in [2.24, 2.45) is 5.41 Å². The van der Waals surface area contributed by atoms with Crippen molar-refractivity contribution in [2.45, 2.75) is 38.6 Å². The van der Waals surface area contributed by atoms with Crippen molar-refractivity contribution in [3.63, 3.8) is 0 Å². The van der Waals surface area contributed by atoms with Gasteiger partial charge in [0.15, 0.2) is 0 Å². The summed E-state index contributed by atoms with van der Waals surface area (Å²) in [6.45, 7) is 2.35. The molecule has 2 rings (SSSR count). The summed E-state index contributed by atoms with van der Waals surface area (Å²) in [6.07, 6.45) is 5.13. The van der Waals surface area contributed by atoms with Gasteiger partial charge in [0.2, 0.25) is 0 Å². The van der Waals surface area contributed by atoms with Gasteiger partial charge >= 0.3 is 0 Å². The standard InChI is InChI=1S/C14H19Cl2N/c1-14(8-3-4-9-14)13(17-2)10-6-5-7-11(15)12(10)16/h5-7,13,17H,3-4,8-9H2,1-2H3. The highest BCUT2D eigenvalue weighted by Crippen LogP contribution is 2.48. The van der Waals surface area contributed by atoms with Crippen LogP contribution in [0.15, 0.2) is 18.2 Å². The van der Waals surface area contributed by atoms with Crippen molar-refractivity contribution in [1.29, 1.82) is 0 Å². The SMILES string of the molecule is CNC(c1cccc(Cl)c1Cl)C1(C)CCCC1. The molecule has 1 aliphatic carbocycles. The first-order valence-electron chi connectivity index (χ1n) is 6.20. The summed E-state index contributed by atoms with van der Waals surface area (Å²) in [5, 5.41) is 4.77. The minimum Gasteiger partial charge on any atom is -0.312 e. The Morgan fingerprint density at radius 1 is 1.24 bits per heavy atom. The molecule has 0 aromatic heterocycles. The first-order valence-corrected chi connectivity index (χ1v) is 6.95. The number of hydrogen-bond donors (Lipinski definition) is 1. The van der Waals surface area contributed by atoms with E-state index in [-0.39, 0.29) is 6.04 Å². The van der Waals surface area contributed by atoms with Crippen LogP contribution in [0.1, 0.15) is 44.2 Å². The summed E-state index contributed by atoms with van der Waals surface area (Å²) in [7, 11) is 2.01. The predicted molar refractivity (Wildman–Crippen MR) is 74.8 cm³/mol. The number of nitrogens with one attached hydrogen (secondary N) is 1. The first kappa shape index (κ1) is 13.2. The second kappa shape index (κ2) is 5.17. The Bertz CT molecular complexity index is 397. The van der Waals surface area contributed by atoms with Crippen molar-refractivity contribution in [3.8, 4) is 0 Å². The molecule has 1 aliphatic rings. The summed E-state index contributed by atoms with van der Waals surface area (Å²) in [5.41, 5.74) is 1.43. The molecule has 0 radical (unpaired) electrons. The summed E-state index contributed by atoms with van der Waals surface area (Å²) in [4.78, 5) is 0. The van der Waals surface area contributed by atoms with Gasteiger partial charge in [-0.05, 0) is 36.9 Å². The maximum absolute atomic E-state index is 6.34. The third-order valence-corrected chi connectivity index (χ3v) is 4.86. The monoisotopic (exact) mass is 271 g/mol. The molecule has 0 heterocycles. The average molecular weight is 272 g/mol. The van der Waals surface area contributed by atoms with Crippen molar-refractivity contribution in [1.82, 2.24) is 5.32 Å². The molecule has 0 saturated heterocycles. The largest absolute Gasteiger partial charge is 0.312 e. The van der Waals surface area contributed by atoms with Gasteiger partial charge in [-0.1, -0.05) is 55.1 Å². The summed E-state index contributed by atoms with van der Waals surface area (Å²) < 4.78 is 0. The fourth-order valence-corrected chi connectivity index (χ4v) is 3.51. The van der Waals surface area contributed by atoms with Crippen LogP contribution in [-0.2, 0) is 0 Å². The fourth-order valence-electron chi connectivity index (χ4n) is 3.09. The van der Waals surface area contributed by atoms with Crippen molar-refractivity contribution in [2.75, 3.05) is 7.05 Å². The quantitative estimate of drug-likeness (QED) is 0.830. The van der Waals surface area contributed by atoms with Gasteiger partial charge in [0, 0.05) is 6.04 Å². The Morgan fingerprint density at radius 2 is 1.88 bits per heavy atom. The Morgan fingerprint density at radius 3 is 2.47 bits per heavy atom. The minimum atomic E-state index is 0.288. The predicted octanol–water partition coefficient (Wildman–Crippen LogP) is 4.83. The third kappa shape index (κ3) is 2.47. The minimum absolute atomic E-state index is 0.288. The van der Waals surface area contributed by atoms with E-state index in [2.05, 4.69) is 18.3 Å². The zero-order chi connectivity index (χ0) is 12.5. The van der Waals surface area contributed by atoms with Crippen LogP contribution < -0.4 is 5.32 Å². The molecule has 94 valence electrons. The Labute approximate surface area is 114 Å². The molecular weight excluding hydrogens is 253 g/mol. The number of benzene rings is 1. The molecule has 17 heavy (non-hydrogen) atoms. The van der Waals surface area contributed by atoms with Gasteiger partial charge in [0.05, 0.1) is 10.0 Å². The lowest BCUT2D eigenvalue weighted by Gasteiger charge is -2.35. The zero-order valence-electron chi connectivity index (χ0n) is 10.4. The lowest BCUT2D eigenvalue weighted by atomic mass is 9.77. The molecule has 0 amide bonds. The molecule has 1 aromatic carbocycles. The van der Waals surface area contributed by atoms with E-state index in [1.54, 1.807) is 0 Å². The van der Waals surface area contributed by atoms with Crippen molar-refractivity contribution < 1.29 is 0 Å². The van der Waals surface area contributed by atoms with Gasteiger partial charge in [-0.25, -0.2) is 0 Å². The molecule has 0 bridgehead atoms. The fraction of sp³-hybridized carbons (Fsp3) is 0.571. The molecule has 1 unspecified atom stereocenters. The van der Waals surface area contributed by atoms with E-state index < -0.39 is 0 Å². The summed E-state index contributed by atoms with van der Waals surface area (Å²) in [5.74, 6) is 0. The molecule has 1 nitrogen and oxygen atoms in total. The molecule has 1 aromatic rings. The van der Waals surface area contributed by atoms with Crippen LogP contribution in [0, 0.1) is 5.41 Å². The van der Waals surface area contributed by atoms with E-state index in [0.717, 1.165) is 5.56 Å². The van der Waals surface area contributed by atoms with E-state index in [1.165, 1.54) is 25.7 Å². The average Bonchev–Trinajstić information content (AvgIpc) is 2.73. The Hall–Kier alpha value is -0.240. The van der Waals surface area contributed by atoms with Gasteiger partial charge in [-0.15, -0.1) is 0 Å². The smallest absolute Gasteiger partial charge is 0.0640 e. The molecule has 1 saturated carbocycles. The molecule has 0 spiro atoms. The normalized spacial score (nSPS) is 20.5. The molecule has 1 atom stereocenters. The molecule has 3 heteroatoms. The topological polar surface area (TPSA) is 12.0 Å². The maximum atomic E-state index is 6.34. The second-order valence-electron chi connectivity index (χ2n) is 5.23. The van der Waals surface area contributed by atoms with Crippen LogP contribution >= 0.6 is 23.2 Å². The van der Waals surface area contributed by atoms with Crippen LogP contribution in [0.3, 0.4) is 0 Å². The van der Waals surface area contributed by atoms with Gasteiger partial charge in [-0.2, -0.15) is 0 Å². The summed E-state index contributed by atoms with van der Waals surface area (Å²) >= 11 is 12.4. The van der Waals surface area contributed by atoms with Crippen LogP contribution in [0.25, 0.3) is 0 Å². The van der Waals surface area contributed by atoms with Crippen LogP contribution in [0.4, 0.5) is 0 Å².